The van der Waals surface area contributed by atoms with Gasteiger partial charge in [-0.2, -0.15) is 13.2 Å². The Morgan fingerprint density at radius 1 is 0.968 bits per heavy atom. The lowest BCUT2D eigenvalue weighted by molar-refractivity contribution is -0.137. The fourth-order valence-electron chi connectivity index (χ4n) is 3.03. The van der Waals surface area contributed by atoms with Crippen LogP contribution in [0.25, 0.3) is 22.6 Å². The highest BCUT2D eigenvalue weighted by Gasteiger charge is 2.30. The predicted octanol–water partition coefficient (Wildman–Crippen LogP) is 5.75. The minimum absolute atomic E-state index is 0.351. The van der Waals surface area contributed by atoms with Crippen LogP contribution in [-0.2, 0) is 12.8 Å². The summed E-state index contributed by atoms with van der Waals surface area (Å²) in [6, 6.07) is 14.0. The molecule has 31 heavy (non-hydrogen) atoms. The molecule has 0 fully saturated rings. The first-order valence-corrected chi connectivity index (χ1v) is 9.37. The van der Waals surface area contributed by atoms with E-state index in [9.17, 15) is 13.2 Å². The van der Waals surface area contributed by atoms with Crippen LogP contribution in [0.15, 0.2) is 73.2 Å². The van der Waals surface area contributed by atoms with Crippen molar-refractivity contribution in [2.24, 2.45) is 0 Å². The Labute approximate surface area is 176 Å². The predicted molar refractivity (Wildman–Crippen MR) is 110 cm³/mol. The molecule has 0 atom stereocenters. The zero-order valence-electron chi connectivity index (χ0n) is 16.5. The number of ether oxygens (including phenoxy) is 2. The number of rotatable bonds is 6. The highest BCUT2D eigenvalue weighted by molar-refractivity contribution is 5.67. The van der Waals surface area contributed by atoms with Crippen molar-refractivity contribution in [2.45, 2.75) is 12.8 Å². The first-order chi connectivity index (χ1) is 14.9. The maximum atomic E-state index is 12.8. The molecule has 0 aliphatic rings. The van der Waals surface area contributed by atoms with E-state index in [1.165, 1.54) is 12.1 Å². The van der Waals surface area contributed by atoms with Crippen LogP contribution in [0.1, 0.15) is 11.1 Å². The molecule has 2 aromatic carbocycles. The van der Waals surface area contributed by atoms with Gasteiger partial charge >= 0.3 is 6.18 Å². The number of imidazole rings is 1. The normalized spacial score (nSPS) is 11.4. The van der Waals surface area contributed by atoms with Gasteiger partial charge < -0.3 is 14.5 Å². The van der Waals surface area contributed by atoms with Gasteiger partial charge in [-0.15, -0.1) is 0 Å². The van der Waals surface area contributed by atoms with Crippen molar-refractivity contribution in [1.29, 1.82) is 0 Å². The fraction of sp³-hybridized carbons (Fsp3) is 0.130. The third-order valence-electron chi connectivity index (χ3n) is 4.64. The minimum atomic E-state index is -4.37. The molecule has 2 heterocycles. The molecule has 8 heteroatoms. The van der Waals surface area contributed by atoms with E-state index in [2.05, 4.69) is 15.0 Å². The number of halogens is 3. The van der Waals surface area contributed by atoms with Crippen LogP contribution in [0.5, 0.6) is 11.5 Å². The second kappa shape index (κ2) is 8.51. The fourth-order valence-corrected chi connectivity index (χ4v) is 3.03. The molecule has 0 aliphatic carbocycles. The number of hydrogen-bond acceptors (Lipinski definition) is 4. The number of nitrogens with zero attached hydrogens (tertiary/aromatic N) is 2. The standard InChI is InChI=1S/C23H18F3N3O2/c1-30-21-11-17(6-9-20(21)31-14-15-3-2-10-27-12-15)19-13-28-22(29-19)16-4-7-18(8-5-16)23(24,25)26/h2-13H,14H2,1H3,(H,28,29). The molecule has 1 N–H and O–H groups in total. The summed E-state index contributed by atoms with van der Waals surface area (Å²) in [6.45, 7) is 0.351. The van der Waals surface area contributed by atoms with Crippen molar-refractivity contribution in [3.05, 3.63) is 84.3 Å². The monoisotopic (exact) mass is 425 g/mol. The van der Waals surface area contributed by atoms with Crippen molar-refractivity contribution < 1.29 is 22.6 Å². The molecule has 0 saturated carbocycles. The quantitative estimate of drug-likeness (QED) is 0.428. The number of benzene rings is 2. The van der Waals surface area contributed by atoms with Crippen LogP contribution >= 0.6 is 0 Å². The van der Waals surface area contributed by atoms with Gasteiger partial charge in [0.2, 0.25) is 0 Å². The molecule has 0 amide bonds. The molecular weight excluding hydrogens is 407 g/mol. The van der Waals surface area contributed by atoms with Gasteiger partial charge in [0.25, 0.3) is 0 Å². The van der Waals surface area contributed by atoms with E-state index in [1.807, 2.05) is 18.2 Å². The van der Waals surface area contributed by atoms with Crippen LogP contribution in [-0.4, -0.2) is 22.1 Å². The molecule has 5 nitrogen and oxygen atoms in total. The number of alkyl halides is 3. The van der Waals surface area contributed by atoms with E-state index in [-0.39, 0.29) is 0 Å². The first-order valence-electron chi connectivity index (χ1n) is 9.37. The van der Waals surface area contributed by atoms with E-state index >= 15 is 0 Å². The summed E-state index contributed by atoms with van der Waals surface area (Å²) in [5, 5.41) is 0. The van der Waals surface area contributed by atoms with Crippen molar-refractivity contribution in [3.63, 3.8) is 0 Å². The largest absolute Gasteiger partial charge is 0.493 e. The van der Waals surface area contributed by atoms with E-state index < -0.39 is 11.7 Å². The molecule has 0 radical (unpaired) electrons. The molecule has 0 spiro atoms. The van der Waals surface area contributed by atoms with Gasteiger partial charge in [-0.3, -0.25) is 4.98 Å². The van der Waals surface area contributed by atoms with Crippen molar-refractivity contribution in [1.82, 2.24) is 15.0 Å². The first kappa shape index (κ1) is 20.5. The highest BCUT2D eigenvalue weighted by atomic mass is 19.4. The number of hydrogen-bond donors (Lipinski definition) is 1. The number of aromatic amines is 1. The maximum absolute atomic E-state index is 12.8. The van der Waals surface area contributed by atoms with E-state index in [0.29, 0.717) is 35.2 Å². The third-order valence-corrected chi connectivity index (χ3v) is 4.64. The summed E-state index contributed by atoms with van der Waals surface area (Å²) in [4.78, 5) is 11.6. The number of nitrogens with one attached hydrogen (secondary N) is 1. The van der Waals surface area contributed by atoms with Crippen LogP contribution in [0.2, 0.25) is 0 Å². The molecule has 4 aromatic rings. The van der Waals surface area contributed by atoms with Crippen molar-refractivity contribution >= 4 is 0 Å². The van der Waals surface area contributed by atoms with Crippen molar-refractivity contribution in [3.8, 4) is 34.1 Å². The summed E-state index contributed by atoms with van der Waals surface area (Å²) in [6.07, 6.45) is 0.747. The minimum Gasteiger partial charge on any atom is -0.493 e. The summed E-state index contributed by atoms with van der Waals surface area (Å²) in [7, 11) is 1.55. The second-order valence-electron chi connectivity index (χ2n) is 6.73. The molecule has 2 aromatic heterocycles. The summed E-state index contributed by atoms with van der Waals surface area (Å²) in [5.41, 5.74) is 2.20. The van der Waals surface area contributed by atoms with Gasteiger partial charge in [0, 0.05) is 35.3 Å². The molecule has 0 unspecified atom stereocenters. The Balaban J connectivity index is 1.53. The Morgan fingerprint density at radius 3 is 2.42 bits per heavy atom. The molecular formula is C23H18F3N3O2. The zero-order chi connectivity index (χ0) is 21.8. The Bertz CT molecular complexity index is 1160. The molecule has 158 valence electrons. The van der Waals surface area contributed by atoms with Gasteiger partial charge in [0.15, 0.2) is 11.5 Å². The lowest BCUT2D eigenvalue weighted by Crippen LogP contribution is -2.04. The lowest BCUT2D eigenvalue weighted by atomic mass is 10.1. The molecule has 0 saturated heterocycles. The SMILES string of the molecule is COc1cc(-c2c[nH]c(-c3ccc(C(F)(F)F)cc3)n2)ccc1OCc1cccnc1. The zero-order valence-corrected chi connectivity index (χ0v) is 16.5. The summed E-state index contributed by atoms with van der Waals surface area (Å²) >= 11 is 0. The summed E-state index contributed by atoms with van der Waals surface area (Å²) < 4.78 is 49.5. The Morgan fingerprint density at radius 2 is 1.74 bits per heavy atom. The number of H-pyrrole nitrogens is 1. The average molecular weight is 425 g/mol. The van der Waals surface area contributed by atoms with Crippen LogP contribution in [0.4, 0.5) is 13.2 Å². The molecule has 0 aliphatic heterocycles. The maximum Gasteiger partial charge on any atom is 0.416 e. The van der Waals surface area contributed by atoms with E-state index in [0.717, 1.165) is 23.3 Å². The summed E-state index contributed by atoms with van der Waals surface area (Å²) in [5.74, 6) is 1.59. The van der Waals surface area contributed by atoms with Crippen LogP contribution in [0, 0.1) is 0 Å². The molecule has 0 bridgehead atoms. The van der Waals surface area contributed by atoms with Gasteiger partial charge in [-0.05, 0) is 36.4 Å². The third kappa shape index (κ3) is 4.69. The van der Waals surface area contributed by atoms with Crippen molar-refractivity contribution in [2.75, 3.05) is 7.11 Å². The molecule has 4 rings (SSSR count). The second-order valence-corrected chi connectivity index (χ2v) is 6.73. The Kier molecular flexibility index (Phi) is 5.62. The van der Waals surface area contributed by atoms with Crippen LogP contribution in [0.3, 0.4) is 0 Å². The van der Waals surface area contributed by atoms with Gasteiger partial charge in [-0.1, -0.05) is 18.2 Å². The van der Waals surface area contributed by atoms with E-state index in [1.54, 1.807) is 37.8 Å². The van der Waals surface area contributed by atoms with Crippen LogP contribution < -0.4 is 9.47 Å². The highest BCUT2D eigenvalue weighted by Crippen LogP contribution is 2.34. The van der Waals surface area contributed by atoms with Gasteiger partial charge in [0.1, 0.15) is 12.4 Å². The number of aromatic nitrogens is 3. The lowest BCUT2D eigenvalue weighted by Gasteiger charge is -2.11. The van der Waals surface area contributed by atoms with E-state index in [4.69, 9.17) is 9.47 Å². The average Bonchev–Trinajstić information content (AvgIpc) is 3.28. The topological polar surface area (TPSA) is 60.0 Å². The van der Waals surface area contributed by atoms with Gasteiger partial charge in [0.05, 0.1) is 18.4 Å². The Hall–Kier alpha value is -3.81. The van der Waals surface area contributed by atoms with Gasteiger partial charge in [-0.25, -0.2) is 4.98 Å². The number of methoxy groups -OCH3 is 1. The number of pyridine rings is 1. The smallest absolute Gasteiger partial charge is 0.416 e.